The maximum atomic E-state index is 13.6. The van der Waals surface area contributed by atoms with E-state index in [0.29, 0.717) is 0 Å². The zero-order valence-electron chi connectivity index (χ0n) is 10.4. The van der Waals surface area contributed by atoms with Gasteiger partial charge in [0.15, 0.2) is 0 Å². The van der Waals surface area contributed by atoms with Crippen LogP contribution < -0.4 is 5.32 Å². The molecule has 4 heteroatoms. The number of carbonyl (C=O) groups excluding carboxylic acids is 1. The van der Waals surface area contributed by atoms with Crippen molar-refractivity contribution < 1.29 is 14.3 Å². The maximum absolute atomic E-state index is 13.6. The van der Waals surface area contributed by atoms with E-state index in [4.69, 9.17) is 0 Å². The second-order valence-electron chi connectivity index (χ2n) is 4.94. The summed E-state index contributed by atoms with van der Waals surface area (Å²) in [7, 11) is 0. The molecule has 1 aromatic carbocycles. The molecule has 2 atom stereocenters. The number of hydrogen-bond acceptors (Lipinski definition) is 2. The number of aliphatic hydroxyl groups excluding tert-OH is 1. The third-order valence-corrected chi connectivity index (χ3v) is 3.58. The Bertz CT molecular complexity index is 447. The number of benzene rings is 1. The fourth-order valence-corrected chi connectivity index (χ4v) is 2.50. The number of aryl methyl sites for hydroxylation is 1. The first-order chi connectivity index (χ1) is 8.61. The molecule has 0 saturated heterocycles. The summed E-state index contributed by atoms with van der Waals surface area (Å²) in [6, 6.07) is 4.45. The smallest absolute Gasteiger partial charge is 0.254 e. The third-order valence-electron chi connectivity index (χ3n) is 3.58. The number of nitrogens with one attached hydrogen (secondary N) is 1. The zero-order chi connectivity index (χ0) is 13.1. The molecule has 1 saturated carbocycles. The summed E-state index contributed by atoms with van der Waals surface area (Å²) in [6.07, 6.45) is 2.76. The Morgan fingerprint density at radius 2 is 2.28 bits per heavy atom. The van der Waals surface area contributed by atoms with Crippen LogP contribution in [-0.2, 0) is 0 Å². The van der Waals surface area contributed by atoms with Crippen LogP contribution in [0, 0.1) is 18.7 Å². The summed E-state index contributed by atoms with van der Waals surface area (Å²) in [5.41, 5.74) is 0.935. The standard InChI is InChI=1S/C14H18FNO2/c1-9-5-6-12(15)11(7-9)14(18)16-13-4-2-3-10(13)8-17/h5-7,10,13,17H,2-4,8H2,1H3,(H,16,18). The van der Waals surface area contributed by atoms with Gasteiger partial charge in [-0.3, -0.25) is 4.79 Å². The van der Waals surface area contributed by atoms with Gasteiger partial charge in [-0.1, -0.05) is 18.1 Å². The second-order valence-corrected chi connectivity index (χ2v) is 4.94. The lowest BCUT2D eigenvalue weighted by Crippen LogP contribution is -2.38. The van der Waals surface area contributed by atoms with Crippen molar-refractivity contribution >= 4 is 5.91 Å². The molecule has 2 rings (SSSR count). The van der Waals surface area contributed by atoms with Gasteiger partial charge in [0, 0.05) is 18.6 Å². The van der Waals surface area contributed by atoms with E-state index in [0.717, 1.165) is 24.8 Å². The number of carbonyl (C=O) groups is 1. The summed E-state index contributed by atoms with van der Waals surface area (Å²) in [5.74, 6) is -0.792. The highest BCUT2D eigenvalue weighted by Crippen LogP contribution is 2.25. The van der Waals surface area contributed by atoms with Crippen LogP contribution in [0.4, 0.5) is 4.39 Å². The molecule has 18 heavy (non-hydrogen) atoms. The maximum Gasteiger partial charge on any atom is 0.254 e. The molecule has 0 bridgehead atoms. The molecule has 98 valence electrons. The lowest BCUT2D eigenvalue weighted by molar-refractivity contribution is 0.0912. The van der Waals surface area contributed by atoms with Crippen molar-refractivity contribution in [3.05, 3.63) is 35.1 Å². The molecule has 0 heterocycles. The number of amides is 1. The summed E-state index contributed by atoms with van der Waals surface area (Å²) < 4.78 is 13.6. The van der Waals surface area contributed by atoms with Crippen LogP contribution in [-0.4, -0.2) is 23.7 Å². The summed E-state index contributed by atoms with van der Waals surface area (Å²) >= 11 is 0. The number of hydrogen-bond donors (Lipinski definition) is 2. The number of halogens is 1. The fraction of sp³-hybridized carbons (Fsp3) is 0.500. The van der Waals surface area contributed by atoms with E-state index in [-0.39, 0.29) is 30.0 Å². The molecule has 0 spiro atoms. The molecule has 0 radical (unpaired) electrons. The van der Waals surface area contributed by atoms with E-state index >= 15 is 0 Å². The van der Waals surface area contributed by atoms with Crippen LogP contribution in [0.2, 0.25) is 0 Å². The first-order valence-electron chi connectivity index (χ1n) is 6.29. The van der Waals surface area contributed by atoms with Gasteiger partial charge in [0.2, 0.25) is 0 Å². The topological polar surface area (TPSA) is 49.3 Å². The lowest BCUT2D eigenvalue weighted by atomic mass is 10.0. The van der Waals surface area contributed by atoms with E-state index in [9.17, 15) is 14.3 Å². The first kappa shape index (κ1) is 13.0. The van der Waals surface area contributed by atoms with Gasteiger partial charge < -0.3 is 10.4 Å². The van der Waals surface area contributed by atoms with E-state index in [1.807, 2.05) is 6.92 Å². The molecule has 2 unspecified atom stereocenters. The fourth-order valence-electron chi connectivity index (χ4n) is 2.50. The largest absolute Gasteiger partial charge is 0.396 e. The van der Waals surface area contributed by atoms with E-state index in [1.165, 1.54) is 6.07 Å². The van der Waals surface area contributed by atoms with Gasteiger partial charge in [0.1, 0.15) is 5.82 Å². The van der Waals surface area contributed by atoms with Crippen LogP contribution in [0.3, 0.4) is 0 Å². The highest BCUT2D eigenvalue weighted by atomic mass is 19.1. The third kappa shape index (κ3) is 2.70. The van der Waals surface area contributed by atoms with Crippen molar-refractivity contribution in [1.82, 2.24) is 5.32 Å². The molecule has 1 aromatic rings. The SMILES string of the molecule is Cc1ccc(F)c(C(=O)NC2CCCC2CO)c1. The van der Waals surface area contributed by atoms with E-state index < -0.39 is 5.82 Å². The molecule has 0 aromatic heterocycles. The molecule has 0 aliphatic heterocycles. The molecular weight excluding hydrogens is 233 g/mol. The minimum absolute atomic E-state index is 0.0394. The predicted octanol–water partition coefficient (Wildman–Crippen LogP) is 2.02. The molecular formula is C14H18FNO2. The van der Waals surface area contributed by atoms with Crippen LogP contribution >= 0.6 is 0 Å². The van der Waals surface area contributed by atoms with Gasteiger partial charge in [-0.2, -0.15) is 0 Å². The van der Waals surface area contributed by atoms with Gasteiger partial charge in [0.25, 0.3) is 5.91 Å². The zero-order valence-corrected chi connectivity index (χ0v) is 10.4. The molecule has 2 N–H and O–H groups in total. The molecule has 1 fully saturated rings. The van der Waals surface area contributed by atoms with Crippen molar-refractivity contribution in [2.24, 2.45) is 5.92 Å². The average molecular weight is 251 g/mol. The second kappa shape index (κ2) is 5.48. The summed E-state index contributed by atoms with van der Waals surface area (Å²) in [6.45, 7) is 1.89. The van der Waals surface area contributed by atoms with Crippen molar-refractivity contribution in [2.45, 2.75) is 32.2 Å². The minimum atomic E-state index is -0.503. The minimum Gasteiger partial charge on any atom is -0.396 e. The van der Waals surface area contributed by atoms with E-state index in [2.05, 4.69) is 5.32 Å². The Hall–Kier alpha value is -1.42. The van der Waals surface area contributed by atoms with Crippen LogP contribution in [0.15, 0.2) is 18.2 Å². The van der Waals surface area contributed by atoms with Gasteiger partial charge in [0.05, 0.1) is 5.56 Å². The lowest BCUT2D eigenvalue weighted by Gasteiger charge is -2.19. The molecule has 1 amide bonds. The molecule has 1 aliphatic rings. The number of aliphatic hydroxyl groups is 1. The number of rotatable bonds is 3. The quantitative estimate of drug-likeness (QED) is 0.863. The van der Waals surface area contributed by atoms with Crippen molar-refractivity contribution in [2.75, 3.05) is 6.61 Å². The average Bonchev–Trinajstić information content (AvgIpc) is 2.79. The Balaban J connectivity index is 2.09. The van der Waals surface area contributed by atoms with Crippen LogP contribution in [0.5, 0.6) is 0 Å². The van der Waals surface area contributed by atoms with E-state index in [1.54, 1.807) is 12.1 Å². The van der Waals surface area contributed by atoms with Gasteiger partial charge in [-0.05, 0) is 31.9 Å². The van der Waals surface area contributed by atoms with Crippen molar-refractivity contribution in [3.8, 4) is 0 Å². The summed E-state index contributed by atoms with van der Waals surface area (Å²) in [4.78, 5) is 12.0. The first-order valence-corrected chi connectivity index (χ1v) is 6.29. The normalized spacial score (nSPS) is 23.1. The molecule has 3 nitrogen and oxygen atoms in total. The van der Waals surface area contributed by atoms with Crippen molar-refractivity contribution in [3.63, 3.8) is 0 Å². The van der Waals surface area contributed by atoms with Crippen LogP contribution in [0.1, 0.15) is 35.2 Å². The van der Waals surface area contributed by atoms with Crippen LogP contribution in [0.25, 0.3) is 0 Å². The Morgan fingerprint density at radius 1 is 1.50 bits per heavy atom. The highest BCUT2D eigenvalue weighted by Gasteiger charge is 2.28. The monoisotopic (exact) mass is 251 g/mol. The molecule has 1 aliphatic carbocycles. The van der Waals surface area contributed by atoms with Gasteiger partial charge in [-0.15, -0.1) is 0 Å². The predicted molar refractivity (Wildman–Crippen MR) is 66.8 cm³/mol. The van der Waals surface area contributed by atoms with Crippen molar-refractivity contribution in [1.29, 1.82) is 0 Å². The Labute approximate surface area is 106 Å². The Kier molecular flexibility index (Phi) is 3.97. The van der Waals surface area contributed by atoms with Gasteiger partial charge in [-0.25, -0.2) is 4.39 Å². The van der Waals surface area contributed by atoms with Gasteiger partial charge >= 0.3 is 0 Å². The highest BCUT2D eigenvalue weighted by molar-refractivity contribution is 5.94. The Morgan fingerprint density at radius 3 is 3.00 bits per heavy atom. The summed E-state index contributed by atoms with van der Waals surface area (Å²) in [5, 5.41) is 12.0.